The second kappa shape index (κ2) is 8.61. The molecule has 2 amide bonds. The van der Waals surface area contributed by atoms with Crippen molar-refractivity contribution in [3.8, 4) is 0 Å². The van der Waals surface area contributed by atoms with Gasteiger partial charge in [-0.25, -0.2) is 4.79 Å². The molecule has 3 aromatic carbocycles. The normalized spacial score (nSPS) is 10.4. The number of nitrogens with one attached hydrogen (secondary N) is 2. The fraction of sp³-hybridized carbons (Fsp3) is 0.125. The Morgan fingerprint density at radius 2 is 1.10 bits per heavy atom. The van der Waals surface area contributed by atoms with Crippen molar-refractivity contribution in [3.05, 3.63) is 94.0 Å². The first-order chi connectivity index (χ1) is 14.2. The van der Waals surface area contributed by atoms with Crippen LogP contribution in [0.15, 0.2) is 60.7 Å². The van der Waals surface area contributed by atoms with Gasteiger partial charge in [-0.2, -0.15) is 0 Å². The molecule has 0 aliphatic rings. The van der Waals surface area contributed by atoms with Crippen LogP contribution in [0, 0.1) is 20.8 Å². The first kappa shape index (κ1) is 20.8. The maximum Gasteiger partial charge on any atom is 0.335 e. The maximum absolute atomic E-state index is 12.6. The fourth-order valence-corrected chi connectivity index (χ4v) is 3.23. The van der Waals surface area contributed by atoms with E-state index < -0.39 is 11.9 Å². The number of amides is 2. The first-order valence-corrected chi connectivity index (χ1v) is 9.37. The molecule has 0 aromatic heterocycles. The summed E-state index contributed by atoms with van der Waals surface area (Å²) in [5.41, 5.74) is 4.59. The van der Waals surface area contributed by atoms with E-state index in [1.54, 1.807) is 31.2 Å². The van der Waals surface area contributed by atoms with Crippen LogP contribution in [0.25, 0.3) is 0 Å². The monoisotopic (exact) mass is 402 g/mol. The van der Waals surface area contributed by atoms with E-state index >= 15 is 0 Å². The van der Waals surface area contributed by atoms with E-state index in [0.717, 1.165) is 11.1 Å². The summed E-state index contributed by atoms with van der Waals surface area (Å²) >= 11 is 0. The first-order valence-electron chi connectivity index (χ1n) is 9.37. The number of aromatic carboxylic acids is 1. The van der Waals surface area contributed by atoms with E-state index in [9.17, 15) is 19.5 Å². The number of hydrogen-bond donors (Lipinski definition) is 3. The molecular weight excluding hydrogens is 380 g/mol. The van der Waals surface area contributed by atoms with E-state index in [1.165, 1.54) is 18.2 Å². The zero-order valence-electron chi connectivity index (χ0n) is 16.9. The van der Waals surface area contributed by atoms with Crippen LogP contribution in [0.3, 0.4) is 0 Å². The van der Waals surface area contributed by atoms with Crippen LogP contribution >= 0.6 is 0 Å². The third-order valence-corrected chi connectivity index (χ3v) is 4.45. The third kappa shape index (κ3) is 5.11. The molecule has 0 bridgehead atoms. The average Bonchev–Trinajstić information content (AvgIpc) is 2.66. The molecule has 0 spiro atoms. The van der Waals surface area contributed by atoms with Crippen LogP contribution in [0.5, 0.6) is 0 Å². The minimum Gasteiger partial charge on any atom is -0.478 e. The molecule has 0 saturated heterocycles. The highest BCUT2D eigenvalue weighted by molar-refractivity contribution is 6.09. The van der Waals surface area contributed by atoms with Crippen molar-refractivity contribution in [2.45, 2.75) is 20.8 Å². The highest BCUT2D eigenvalue weighted by atomic mass is 16.4. The summed E-state index contributed by atoms with van der Waals surface area (Å²) in [4.78, 5) is 36.5. The quantitative estimate of drug-likeness (QED) is 0.570. The Balaban J connectivity index is 1.78. The summed E-state index contributed by atoms with van der Waals surface area (Å²) in [5.74, 6) is -1.82. The highest BCUT2D eigenvalue weighted by Gasteiger charge is 2.13. The molecule has 0 heterocycles. The number of aryl methyl sites for hydroxylation is 3. The van der Waals surface area contributed by atoms with Gasteiger partial charge in [0.2, 0.25) is 0 Å². The van der Waals surface area contributed by atoms with E-state index in [0.29, 0.717) is 28.1 Å². The van der Waals surface area contributed by atoms with Crippen LogP contribution in [0.4, 0.5) is 11.4 Å². The van der Waals surface area contributed by atoms with Gasteiger partial charge in [-0.3, -0.25) is 9.59 Å². The van der Waals surface area contributed by atoms with Crippen molar-refractivity contribution in [3.63, 3.8) is 0 Å². The van der Waals surface area contributed by atoms with Gasteiger partial charge in [-0.1, -0.05) is 12.1 Å². The molecule has 6 heteroatoms. The van der Waals surface area contributed by atoms with Gasteiger partial charge in [-0.05, 0) is 86.0 Å². The van der Waals surface area contributed by atoms with Gasteiger partial charge in [-0.15, -0.1) is 0 Å². The third-order valence-electron chi connectivity index (χ3n) is 4.45. The average molecular weight is 402 g/mol. The molecule has 0 radical (unpaired) electrons. The molecule has 30 heavy (non-hydrogen) atoms. The Labute approximate surface area is 174 Å². The summed E-state index contributed by atoms with van der Waals surface area (Å²) in [7, 11) is 0. The molecule has 152 valence electrons. The van der Waals surface area contributed by atoms with Gasteiger partial charge >= 0.3 is 5.97 Å². The number of anilines is 2. The largest absolute Gasteiger partial charge is 0.478 e. The molecule has 6 nitrogen and oxygen atoms in total. The topological polar surface area (TPSA) is 95.5 Å². The van der Waals surface area contributed by atoms with Crippen molar-refractivity contribution in [2.75, 3.05) is 10.6 Å². The number of hydrogen-bond acceptors (Lipinski definition) is 3. The van der Waals surface area contributed by atoms with Crippen LogP contribution in [-0.4, -0.2) is 22.9 Å². The van der Waals surface area contributed by atoms with Gasteiger partial charge in [0.25, 0.3) is 11.8 Å². The van der Waals surface area contributed by atoms with Crippen molar-refractivity contribution in [1.82, 2.24) is 0 Å². The van der Waals surface area contributed by atoms with Crippen LogP contribution in [0.1, 0.15) is 47.8 Å². The number of carboxylic acid groups (broad SMARTS) is 1. The lowest BCUT2D eigenvalue weighted by atomic mass is 10.1. The summed E-state index contributed by atoms with van der Waals surface area (Å²) in [6.07, 6.45) is 0. The number of benzene rings is 3. The lowest BCUT2D eigenvalue weighted by Crippen LogP contribution is -2.16. The van der Waals surface area contributed by atoms with E-state index in [-0.39, 0.29) is 11.5 Å². The van der Waals surface area contributed by atoms with Crippen molar-refractivity contribution in [1.29, 1.82) is 0 Å². The van der Waals surface area contributed by atoms with Gasteiger partial charge in [0.1, 0.15) is 0 Å². The van der Waals surface area contributed by atoms with E-state index in [2.05, 4.69) is 10.6 Å². The van der Waals surface area contributed by atoms with Crippen LogP contribution in [0.2, 0.25) is 0 Å². The summed E-state index contributed by atoms with van der Waals surface area (Å²) < 4.78 is 0. The minimum atomic E-state index is -1.07. The van der Waals surface area contributed by atoms with E-state index in [1.807, 2.05) is 32.0 Å². The highest BCUT2D eigenvalue weighted by Crippen LogP contribution is 2.18. The number of carbonyl (C=O) groups excluding carboxylic acids is 2. The van der Waals surface area contributed by atoms with E-state index in [4.69, 9.17) is 0 Å². The van der Waals surface area contributed by atoms with Crippen molar-refractivity contribution in [2.24, 2.45) is 0 Å². The molecule has 0 aliphatic heterocycles. The molecule has 3 aromatic rings. The van der Waals surface area contributed by atoms with Crippen LogP contribution < -0.4 is 10.6 Å². The Morgan fingerprint density at radius 3 is 1.60 bits per heavy atom. The molecule has 0 fully saturated rings. The number of carbonyl (C=O) groups is 3. The Kier molecular flexibility index (Phi) is 5.97. The standard InChI is InChI=1S/C24H22N2O4/c1-14-7-15(2)10-20(9-14)25-22(27)17-5-4-6-18(12-17)23(28)26-21-11-16(3)8-19(13-21)24(29)30/h4-13H,1-3H3,(H,25,27)(H,26,28)(H,29,30). The van der Waals surface area contributed by atoms with Gasteiger partial charge in [0.15, 0.2) is 0 Å². The lowest BCUT2D eigenvalue weighted by molar-refractivity contribution is 0.0696. The molecule has 3 rings (SSSR count). The predicted octanol–water partition coefficient (Wildman–Crippen LogP) is 4.81. The second-order valence-electron chi connectivity index (χ2n) is 7.26. The SMILES string of the molecule is Cc1cc(C)cc(NC(=O)c2cccc(C(=O)Nc3cc(C)cc(C(=O)O)c3)c2)c1. The van der Waals surface area contributed by atoms with Crippen molar-refractivity contribution < 1.29 is 19.5 Å². The van der Waals surface area contributed by atoms with Gasteiger partial charge in [0, 0.05) is 22.5 Å². The predicted molar refractivity (Wildman–Crippen MR) is 116 cm³/mol. The fourth-order valence-electron chi connectivity index (χ4n) is 3.23. The molecule has 0 aliphatic carbocycles. The Bertz CT molecular complexity index is 1130. The van der Waals surface area contributed by atoms with Crippen molar-refractivity contribution >= 4 is 29.2 Å². The Hall–Kier alpha value is -3.93. The lowest BCUT2D eigenvalue weighted by Gasteiger charge is -2.10. The second-order valence-corrected chi connectivity index (χ2v) is 7.26. The molecule has 0 unspecified atom stereocenters. The minimum absolute atomic E-state index is 0.0897. The van der Waals surface area contributed by atoms with Crippen LogP contribution in [-0.2, 0) is 0 Å². The summed E-state index contributed by atoms with van der Waals surface area (Å²) in [6.45, 7) is 5.66. The number of rotatable bonds is 5. The zero-order chi connectivity index (χ0) is 21.8. The van der Waals surface area contributed by atoms with Gasteiger partial charge in [0.05, 0.1) is 5.56 Å². The summed E-state index contributed by atoms with van der Waals surface area (Å²) in [6, 6.07) is 16.7. The Morgan fingerprint density at radius 1 is 0.633 bits per heavy atom. The number of carboxylic acids is 1. The smallest absolute Gasteiger partial charge is 0.335 e. The zero-order valence-corrected chi connectivity index (χ0v) is 16.9. The molecular formula is C24H22N2O4. The molecule has 0 saturated carbocycles. The van der Waals surface area contributed by atoms with Gasteiger partial charge < -0.3 is 15.7 Å². The molecule has 3 N–H and O–H groups in total. The summed E-state index contributed by atoms with van der Waals surface area (Å²) in [5, 5.41) is 14.7. The maximum atomic E-state index is 12.6. The molecule has 0 atom stereocenters.